The molecule has 0 spiro atoms. The highest BCUT2D eigenvalue weighted by atomic mass is 16.6. The van der Waals surface area contributed by atoms with Gasteiger partial charge in [0.25, 0.3) is 0 Å². The lowest BCUT2D eigenvalue weighted by Gasteiger charge is -2.33. The van der Waals surface area contributed by atoms with Gasteiger partial charge in [0.15, 0.2) is 5.60 Å². The fourth-order valence-corrected chi connectivity index (χ4v) is 4.01. The Balaban J connectivity index is 1.56. The molecule has 1 N–H and O–H groups in total. The van der Waals surface area contributed by atoms with E-state index in [9.17, 15) is 14.7 Å². The quantitative estimate of drug-likeness (QED) is 0.377. The van der Waals surface area contributed by atoms with Crippen LogP contribution in [-0.4, -0.2) is 55.5 Å². The number of carbonyl (C=O) groups excluding carboxylic acids is 2. The lowest BCUT2D eigenvalue weighted by atomic mass is 9.80. The zero-order valence-electron chi connectivity index (χ0n) is 18.3. The summed E-state index contributed by atoms with van der Waals surface area (Å²) in [4.78, 5) is 25.2. The second-order valence-corrected chi connectivity index (χ2v) is 8.84. The topological polar surface area (TPSA) is 72.8 Å². The van der Waals surface area contributed by atoms with E-state index in [1.165, 1.54) is 0 Å². The fourth-order valence-electron chi connectivity index (χ4n) is 4.01. The van der Waals surface area contributed by atoms with Gasteiger partial charge in [-0.15, -0.1) is 0 Å². The molecule has 0 aromatic heterocycles. The average molecular weight is 427 g/mol. The molecule has 1 saturated carbocycles. The molecule has 1 atom stereocenters. The summed E-state index contributed by atoms with van der Waals surface area (Å²) in [5, 5.41) is 11.4. The molecule has 0 bridgehead atoms. The van der Waals surface area contributed by atoms with E-state index in [2.05, 4.69) is 0 Å². The van der Waals surface area contributed by atoms with E-state index in [4.69, 9.17) is 9.47 Å². The summed E-state index contributed by atoms with van der Waals surface area (Å²) in [5.41, 5.74) is -0.551. The molecular weight excluding hydrogens is 394 g/mol. The zero-order chi connectivity index (χ0) is 22.3. The standard InChI is InChI=1S/C25H32NO5/c1-26(2,19-31-23(27)20-11-5-3-6-12-20)17-18-30-24(28)25(29,22-15-9-10-16-22)21-13-7-4-8-14-21/h3-8,11-14,22,29H,9-10,15-19H2,1-2H3/q+1/t25-/m1/s1. The summed E-state index contributed by atoms with van der Waals surface area (Å²) in [5.74, 6) is -1.13. The van der Waals surface area contributed by atoms with Crippen molar-refractivity contribution in [2.24, 2.45) is 5.92 Å². The molecule has 1 fully saturated rings. The number of esters is 2. The number of likely N-dealkylation sites (N-methyl/N-ethyl adjacent to an activating group) is 1. The lowest BCUT2D eigenvalue weighted by molar-refractivity contribution is -0.907. The molecule has 3 rings (SSSR count). The van der Waals surface area contributed by atoms with Gasteiger partial charge < -0.3 is 14.6 Å². The van der Waals surface area contributed by atoms with E-state index in [0.717, 1.165) is 25.7 Å². The van der Waals surface area contributed by atoms with E-state index < -0.39 is 11.6 Å². The molecule has 2 aromatic rings. The molecule has 6 nitrogen and oxygen atoms in total. The first-order chi connectivity index (χ1) is 14.8. The molecule has 31 heavy (non-hydrogen) atoms. The van der Waals surface area contributed by atoms with Crippen molar-refractivity contribution < 1.29 is 28.7 Å². The highest BCUT2D eigenvalue weighted by Gasteiger charge is 2.47. The number of aliphatic hydroxyl groups is 1. The third kappa shape index (κ3) is 5.71. The smallest absolute Gasteiger partial charge is 0.343 e. The number of benzene rings is 2. The van der Waals surface area contributed by atoms with Crippen LogP contribution in [0.1, 0.15) is 41.6 Å². The Morgan fingerprint density at radius 2 is 1.55 bits per heavy atom. The van der Waals surface area contributed by atoms with Crippen LogP contribution in [0.2, 0.25) is 0 Å². The molecule has 2 aromatic carbocycles. The van der Waals surface area contributed by atoms with Crippen molar-refractivity contribution in [2.75, 3.05) is 34.0 Å². The number of rotatable bonds is 9. The molecule has 0 saturated heterocycles. The number of hydrogen-bond donors (Lipinski definition) is 1. The fraction of sp³-hybridized carbons (Fsp3) is 0.440. The van der Waals surface area contributed by atoms with Crippen molar-refractivity contribution in [3.63, 3.8) is 0 Å². The number of carbonyl (C=O) groups is 2. The van der Waals surface area contributed by atoms with Gasteiger partial charge in [-0.2, -0.15) is 0 Å². The predicted octanol–water partition coefficient (Wildman–Crippen LogP) is 3.50. The molecule has 0 unspecified atom stereocenters. The Morgan fingerprint density at radius 1 is 0.968 bits per heavy atom. The lowest BCUT2D eigenvalue weighted by Crippen LogP contribution is -2.47. The van der Waals surface area contributed by atoms with Gasteiger partial charge in [0.05, 0.1) is 19.7 Å². The zero-order valence-corrected chi connectivity index (χ0v) is 18.3. The highest BCUT2D eigenvalue weighted by molar-refractivity contribution is 5.89. The van der Waals surface area contributed by atoms with Crippen molar-refractivity contribution in [2.45, 2.75) is 31.3 Å². The maximum atomic E-state index is 13.0. The first-order valence-electron chi connectivity index (χ1n) is 10.8. The van der Waals surface area contributed by atoms with Crippen LogP contribution < -0.4 is 0 Å². The molecule has 166 valence electrons. The van der Waals surface area contributed by atoms with Crippen molar-refractivity contribution in [1.82, 2.24) is 0 Å². The molecule has 0 amide bonds. The van der Waals surface area contributed by atoms with Crippen molar-refractivity contribution in [3.05, 3.63) is 71.8 Å². The van der Waals surface area contributed by atoms with Gasteiger partial charge >= 0.3 is 11.9 Å². The largest absolute Gasteiger partial charge is 0.457 e. The van der Waals surface area contributed by atoms with E-state index in [-0.39, 0.29) is 25.2 Å². The number of nitrogens with zero attached hydrogens (tertiary/aromatic N) is 1. The van der Waals surface area contributed by atoms with Gasteiger partial charge in [0, 0.05) is 5.92 Å². The molecule has 6 heteroatoms. The van der Waals surface area contributed by atoms with Gasteiger partial charge in [0.1, 0.15) is 13.2 Å². The van der Waals surface area contributed by atoms with Gasteiger partial charge in [-0.3, -0.25) is 4.48 Å². The molecule has 1 aliphatic carbocycles. The summed E-state index contributed by atoms with van der Waals surface area (Å²) in [6.07, 6.45) is 3.61. The maximum Gasteiger partial charge on any atom is 0.343 e. The summed E-state index contributed by atoms with van der Waals surface area (Å²) in [6, 6.07) is 17.9. The Labute approximate surface area is 184 Å². The van der Waals surface area contributed by atoms with E-state index in [0.29, 0.717) is 22.2 Å². The Morgan fingerprint density at radius 3 is 2.16 bits per heavy atom. The molecule has 1 aliphatic rings. The molecular formula is C25H32NO5+. The van der Waals surface area contributed by atoms with Crippen LogP contribution in [-0.2, 0) is 19.9 Å². The third-order valence-corrected chi connectivity index (χ3v) is 5.96. The number of hydrogen-bond acceptors (Lipinski definition) is 5. The first kappa shape index (κ1) is 23.0. The Bertz CT molecular complexity index is 862. The number of quaternary nitrogens is 1. The van der Waals surface area contributed by atoms with E-state index >= 15 is 0 Å². The average Bonchev–Trinajstić information content (AvgIpc) is 3.33. The normalized spacial score (nSPS) is 16.5. The van der Waals surface area contributed by atoms with Gasteiger partial charge in [-0.25, -0.2) is 9.59 Å². The number of ether oxygens (including phenoxy) is 2. The van der Waals surface area contributed by atoms with Crippen LogP contribution in [0.5, 0.6) is 0 Å². The van der Waals surface area contributed by atoms with E-state index in [1.807, 2.05) is 38.4 Å². The van der Waals surface area contributed by atoms with Crippen LogP contribution in [0.3, 0.4) is 0 Å². The van der Waals surface area contributed by atoms with Crippen LogP contribution in [0.15, 0.2) is 60.7 Å². The summed E-state index contributed by atoms with van der Waals surface area (Å²) >= 11 is 0. The van der Waals surface area contributed by atoms with Gasteiger partial charge in [-0.05, 0) is 30.5 Å². The molecule has 0 radical (unpaired) electrons. The van der Waals surface area contributed by atoms with Crippen LogP contribution in [0.25, 0.3) is 0 Å². The minimum atomic E-state index is -1.63. The maximum absolute atomic E-state index is 13.0. The Kier molecular flexibility index (Phi) is 7.46. The van der Waals surface area contributed by atoms with E-state index in [1.54, 1.807) is 36.4 Å². The summed E-state index contributed by atoms with van der Waals surface area (Å²) in [6.45, 7) is 0.719. The minimum absolute atomic E-state index is 0.122. The molecule has 0 heterocycles. The van der Waals surface area contributed by atoms with Crippen molar-refractivity contribution in [1.29, 1.82) is 0 Å². The van der Waals surface area contributed by atoms with Gasteiger partial charge in [0.2, 0.25) is 6.73 Å². The SMILES string of the molecule is C[N+](C)(CCOC(=O)[C@@](O)(c1ccccc1)C1CCCC1)COC(=O)c1ccccc1. The van der Waals surface area contributed by atoms with Crippen LogP contribution in [0.4, 0.5) is 0 Å². The monoisotopic (exact) mass is 426 g/mol. The van der Waals surface area contributed by atoms with Crippen LogP contribution in [0, 0.1) is 5.92 Å². The van der Waals surface area contributed by atoms with Crippen LogP contribution >= 0.6 is 0 Å². The Hall–Kier alpha value is -2.70. The van der Waals surface area contributed by atoms with Crippen molar-refractivity contribution in [3.8, 4) is 0 Å². The predicted molar refractivity (Wildman–Crippen MR) is 117 cm³/mol. The minimum Gasteiger partial charge on any atom is -0.457 e. The third-order valence-electron chi connectivity index (χ3n) is 5.96. The summed E-state index contributed by atoms with van der Waals surface area (Å²) < 4.78 is 11.3. The highest BCUT2D eigenvalue weighted by Crippen LogP contribution is 2.41. The summed E-state index contributed by atoms with van der Waals surface area (Å²) in [7, 11) is 3.79. The second-order valence-electron chi connectivity index (χ2n) is 8.84. The van der Waals surface area contributed by atoms with Gasteiger partial charge in [-0.1, -0.05) is 61.4 Å². The molecule has 0 aliphatic heterocycles. The van der Waals surface area contributed by atoms with Crippen molar-refractivity contribution >= 4 is 11.9 Å². The second kappa shape index (κ2) is 10.1. The first-order valence-corrected chi connectivity index (χ1v) is 10.8.